The SMILES string of the molecule is CC(C)(C)OC(=O)N1CCC(=O)C(c2ccnc(C3OCCO3)c2)C1. The van der Waals surface area contributed by atoms with Crippen LogP contribution in [0.2, 0.25) is 0 Å². The normalized spacial score (nSPS) is 22.3. The van der Waals surface area contributed by atoms with Gasteiger partial charge in [0.15, 0.2) is 0 Å². The molecule has 3 rings (SSSR count). The van der Waals surface area contributed by atoms with Gasteiger partial charge in [0.05, 0.1) is 24.8 Å². The van der Waals surface area contributed by atoms with Crippen LogP contribution in [0.3, 0.4) is 0 Å². The second kappa shape index (κ2) is 7.09. The highest BCUT2D eigenvalue weighted by molar-refractivity contribution is 5.88. The molecule has 2 fully saturated rings. The number of ether oxygens (including phenoxy) is 3. The predicted molar refractivity (Wildman–Crippen MR) is 89.1 cm³/mol. The van der Waals surface area contributed by atoms with Crippen LogP contribution >= 0.6 is 0 Å². The van der Waals surface area contributed by atoms with Crippen LogP contribution in [0, 0.1) is 0 Å². The summed E-state index contributed by atoms with van der Waals surface area (Å²) in [7, 11) is 0. The molecule has 0 aromatic carbocycles. The number of carbonyl (C=O) groups is 2. The molecule has 0 saturated carbocycles. The van der Waals surface area contributed by atoms with Gasteiger partial charge in [0.1, 0.15) is 11.4 Å². The van der Waals surface area contributed by atoms with E-state index in [-0.39, 0.29) is 17.8 Å². The number of nitrogens with zero attached hydrogens (tertiary/aromatic N) is 2. The molecule has 2 aliphatic heterocycles. The van der Waals surface area contributed by atoms with E-state index < -0.39 is 11.9 Å². The van der Waals surface area contributed by atoms with Crippen LogP contribution in [0.5, 0.6) is 0 Å². The smallest absolute Gasteiger partial charge is 0.410 e. The van der Waals surface area contributed by atoms with E-state index in [2.05, 4.69) is 4.98 Å². The number of Topliss-reactive ketones (excluding diaryl/α,β-unsaturated/α-hetero) is 1. The maximum Gasteiger partial charge on any atom is 0.410 e. The molecule has 0 N–H and O–H groups in total. The largest absolute Gasteiger partial charge is 0.444 e. The third-order valence-electron chi connectivity index (χ3n) is 4.14. The first-order chi connectivity index (χ1) is 11.8. The molecule has 1 atom stereocenters. The Morgan fingerprint density at radius 1 is 1.32 bits per heavy atom. The molecule has 7 nitrogen and oxygen atoms in total. The molecule has 1 aromatic heterocycles. The first-order valence-electron chi connectivity index (χ1n) is 8.53. The molecule has 2 saturated heterocycles. The highest BCUT2D eigenvalue weighted by atomic mass is 16.7. The first kappa shape index (κ1) is 17.8. The Kier molecular flexibility index (Phi) is 5.06. The standard InChI is InChI=1S/C18H24N2O5/c1-18(2,3)25-17(22)20-7-5-15(21)13(11-20)12-4-6-19-14(10-12)16-23-8-9-24-16/h4,6,10,13,16H,5,7-9,11H2,1-3H3. The predicted octanol–water partition coefficient (Wildman–Crippen LogP) is 2.42. The van der Waals surface area contributed by atoms with Gasteiger partial charge in [0, 0.05) is 25.7 Å². The highest BCUT2D eigenvalue weighted by Gasteiger charge is 2.33. The van der Waals surface area contributed by atoms with E-state index in [0.717, 1.165) is 5.56 Å². The molecular weight excluding hydrogens is 324 g/mol. The zero-order chi connectivity index (χ0) is 18.0. The van der Waals surface area contributed by atoms with Crippen LogP contribution < -0.4 is 0 Å². The lowest BCUT2D eigenvalue weighted by Crippen LogP contribution is -2.45. The van der Waals surface area contributed by atoms with Crippen molar-refractivity contribution in [2.24, 2.45) is 0 Å². The molecule has 0 spiro atoms. The van der Waals surface area contributed by atoms with Gasteiger partial charge in [-0.3, -0.25) is 9.78 Å². The fourth-order valence-electron chi connectivity index (χ4n) is 2.96. The van der Waals surface area contributed by atoms with Gasteiger partial charge in [-0.15, -0.1) is 0 Å². The first-order valence-corrected chi connectivity index (χ1v) is 8.53. The number of amides is 1. The Hall–Kier alpha value is -1.99. The molecule has 7 heteroatoms. The van der Waals surface area contributed by atoms with E-state index in [9.17, 15) is 9.59 Å². The molecule has 136 valence electrons. The zero-order valence-corrected chi connectivity index (χ0v) is 14.9. The van der Waals surface area contributed by atoms with Crippen molar-refractivity contribution in [2.75, 3.05) is 26.3 Å². The van der Waals surface area contributed by atoms with E-state index in [1.165, 1.54) is 0 Å². The maximum absolute atomic E-state index is 12.4. The summed E-state index contributed by atoms with van der Waals surface area (Å²) in [6, 6.07) is 3.64. The second-order valence-corrected chi connectivity index (χ2v) is 7.28. The highest BCUT2D eigenvalue weighted by Crippen LogP contribution is 2.28. The van der Waals surface area contributed by atoms with Crippen molar-refractivity contribution in [2.45, 2.75) is 45.0 Å². The van der Waals surface area contributed by atoms with E-state index in [0.29, 0.717) is 38.4 Å². The minimum atomic E-state index is -0.560. The number of aromatic nitrogens is 1. The van der Waals surface area contributed by atoms with Crippen LogP contribution in [0.25, 0.3) is 0 Å². The third kappa shape index (κ3) is 4.35. The number of piperidine rings is 1. The fraction of sp³-hybridized carbons (Fsp3) is 0.611. The van der Waals surface area contributed by atoms with Crippen molar-refractivity contribution in [3.05, 3.63) is 29.6 Å². The number of ketones is 1. The number of hydrogen-bond acceptors (Lipinski definition) is 6. The summed E-state index contributed by atoms with van der Waals surface area (Å²) >= 11 is 0. The topological polar surface area (TPSA) is 78.0 Å². The van der Waals surface area contributed by atoms with Crippen LogP contribution in [0.1, 0.15) is 50.7 Å². The Labute approximate surface area is 147 Å². The van der Waals surface area contributed by atoms with Crippen molar-refractivity contribution in [3.63, 3.8) is 0 Å². The van der Waals surface area contributed by atoms with Crippen LogP contribution in [0.4, 0.5) is 4.79 Å². The maximum atomic E-state index is 12.4. The van der Waals surface area contributed by atoms with E-state index >= 15 is 0 Å². The van der Waals surface area contributed by atoms with Crippen LogP contribution in [0.15, 0.2) is 18.3 Å². The van der Waals surface area contributed by atoms with Crippen LogP contribution in [-0.2, 0) is 19.0 Å². The number of likely N-dealkylation sites (tertiary alicyclic amines) is 1. The van der Waals surface area contributed by atoms with E-state index in [1.807, 2.05) is 26.8 Å². The summed E-state index contributed by atoms with van der Waals surface area (Å²) in [5, 5.41) is 0. The van der Waals surface area contributed by atoms with Gasteiger partial charge in [0.2, 0.25) is 6.29 Å². The molecule has 0 aliphatic carbocycles. The van der Waals surface area contributed by atoms with Crippen LogP contribution in [-0.4, -0.2) is 53.7 Å². The molecule has 0 bridgehead atoms. The fourth-order valence-corrected chi connectivity index (χ4v) is 2.96. The monoisotopic (exact) mass is 348 g/mol. The number of pyridine rings is 1. The van der Waals surface area contributed by atoms with Gasteiger partial charge in [-0.25, -0.2) is 4.79 Å². The minimum Gasteiger partial charge on any atom is -0.444 e. The van der Waals surface area contributed by atoms with Gasteiger partial charge in [-0.1, -0.05) is 0 Å². The summed E-state index contributed by atoms with van der Waals surface area (Å²) < 4.78 is 16.4. The quantitative estimate of drug-likeness (QED) is 0.817. The van der Waals surface area contributed by atoms with Crippen molar-refractivity contribution < 1.29 is 23.8 Å². The molecular formula is C18H24N2O5. The third-order valence-corrected chi connectivity index (χ3v) is 4.14. The second-order valence-electron chi connectivity index (χ2n) is 7.28. The molecule has 1 aromatic rings. The minimum absolute atomic E-state index is 0.116. The lowest BCUT2D eigenvalue weighted by atomic mass is 9.89. The Morgan fingerprint density at radius 2 is 2.04 bits per heavy atom. The zero-order valence-electron chi connectivity index (χ0n) is 14.9. The van der Waals surface area contributed by atoms with Gasteiger partial charge >= 0.3 is 6.09 Å². The Bertz CT molecular complexity index is 649. The van der Waals surface area contributed by atoms with E-state index in [4.69, 9.17) is 14.2 Å². The van der Waals surface area contributed by atoms with Gasteiger partial charge < -0.3 is 19.1 Å². The molecule has 25 heavy (non-hydrogen) atoms. The summed E-state index contributed by atoms with van der Waals surface area (Å²) in [5.74, 6) is -0.269. The van der Waals surface area contributed by atoms with Gasteiger partial charge in [-0.05, 0) is 38.5 Å². The Morgan fingerprint density at radius 3 is 2.72 bits per heavy atom. The van der Waals surface area contributed by atoms with Crippen molar-refractivity contribution in [3.8, 4) is 0 Å². The van der Waals surface area contributed by atoms with E-state index in [1.54, 1.807) is 17.2 Å². The molecule has 3 heterocycles. The van der Waals surface area contributed by atoms with Gasteiger partial charge in [-0.2, -0.15) is 0 Å². The summed E-state index contributed by atoms with van der Waals surface area (Å²) in [6.07, 6.45) is 1.09. The number of rotatable bonds is 2. The number of carbonyl (C=O) groups excluding carboxylic acids is 2. The Balaban J connectivity index is 1.75. The number of hydrogen-bond donors (Lipinski definition) is 0. The molecule has 1 unspecified atom stereocenters. The molecule has 1 amide bonds. The average Bonchev–Trinajstić information content (AvgIpc) is 3.08. The molecule has 2 aliphatic rings. The average molecular weight is 348 g/mol. The van der Waals surface area contributed by atoms with Crippen molar-refractivity contribution >= 4 is 11.9 Å². The summed E-state index contributed by atoms with van der Waals surface area (Å²) in [6.45, 7) is 7.24. The summed E-state index contributed by atoms with van der Waals surface area (Å²) in [4.78, 5) is 30.6. The molecule has 0 radical (unpaired) electrons. The lowest BCUT2D eigenvalue weighted by Gasteiger charge is -2.33. The van der Waals surface area contributed by atoms with Gasteiger partial charge in [0.25, 0.3) is 0 Å². The lowest BCUT2D eigenvalue weighted by molar-refractivity contribution is -0.123. The van der Waals surface area contributed by atoms with Crippen molar-refractivity contribution in [1.29, 1.82) is 0 Å². The summed E-state index contributed by atoms with van der Waals surface area (Å²) in [5.41, 5.74) is 0.911. The van der Waals surface area contributed by atoms with Crippen molar-refractivity contribution in [1.82, 2.24) is 9.88 Å².